The quantitative estimate of drug-likeness (QED) is 0.375. The maximum atomic E-state index is 12.8. The lowest BCUT2D eigenvalue weighted by molar-refractivity contribution is -0.120. The average molecular weight is 477 g/mol. The number of carbonyl (C=O) groups is 1. The Hall–Kier alpha value is -2.92. The molecule has 0 aliphatic rings. The largest absolute Gasteiger partial charge is 0.428 e. The van der Waals surface area contributed by atoms with Crippen molar-refractivity contribution in [2.75, 3.05) is 4.72 Å². The van der Waals surface area contributed by atoms with E-state index in [9.17, 15) is 13.2 Å². The molecule has 2 aromatic carbocycles. The minimum absolute atomic E-state index is 0.0460. The van der Waals surface area contributed by atoms with Crippen LogP contribution in [0.25, 0.3) is 10.9 Å². The number of benzene rings is 2. The molecule has 160 valence electrons. The van der Waals surface area contributed by atoms with Gasteiger partial charge in [0.15, 0.2) is 5.82 Å². The van der Waals surface area contributed by atoms with Crippen LogP contribution >= 0.6 is 22.9 Å². The molecule has 2 heterocycles. The van der Waals surface area contributed by atoms with Gasteiger partial charge < -0.3 is 10.5 Å². The van der Waals surface area contributed by atoms with Crippen LogP contribution in [0, 0.1) is 0 Å². The van der Waals surface area contributed by atoms with Gasteiger partial charge in [0, 0.05) is 6.54 Å². The molecule has 0 saturated carbocycles. The fourth-order valence-corrected chi connectivity index (χ4v) is 5.68. The van der Waals surface area contributed by atoms with E-state index in [1.807, 2.05) is 24.3 Å². The molecule has 0 atom stereocenters. The number of ether oxygens (including phenoxy) is 1. The lowest BCUT2D eigenvalue weighted by atomic mass is 10.1. The molecule has 0 fully saturated rings. The highest BCUT2D eigenvalue weighted by atomic mass is 35.5. The van der Waals surface area contributed by atoms with Gasteiger partial charge >= 0.3 is 0 Å². The lowest BCUT2D eigenvalue weighted by Crippen LogP contribution is -2.13. The van der Waals surface area contributed by atoms with Crippen LogP contribution in [-0.2, 0) is 27.9 Å². The molecule has 0 aliphatic carbocycles. The van der Waals surface area contributed by atoms with Crippen molar-refractivity contribution in [3.8, 4) is 5.75 Å². The molecular formula is C20H17ClN4O4S2. The van der Waals surface area contributed by atoms with Crippen LogP contribution in [0.3, 0.4) is 0 Å². The van der Waals surface area contributed by atoms with Gasteiger partial charge in [-0.15, -0.1) is 11.3 Å². The Morgan fingerprint density at radius 3 is 2.65 bits per heavy atom. The van der Waals surface area contributed by atoms with E-state index in [1.165, 1.54) is 12.1 Å². The topological polar surface area (TPSA) is 116 Å². The lowest BCUT2D eigenvalue weighted by Gasteiger charge is -2.06. The van der Waals surface area contributed by atoms with Crippen LogP contribution in [-0.4, -0.2) is 24.7 Å². The molecule has 3 N–H and O–H groups in total. The van der Waals surface area contributed by atoms with Crippen molar-refractivity contribution >= 4 is 56.2 Å². The smallest absolute Gasteiger partial charge is 0.298 e. The van der Waals surface area contributed by atoms with Crippen molar-refractivity contribution in [2.24, 2.45) is 5.73 Å². The summed E-state index contributed by atoms with van der Waals surface area (Å²) in [5, 5.41) is 4.84. The van der Waals surface area contributed by atoms with E-state index in [2.05, 4.69) is 9.82 Å². The number of hydrogen-bond donors (Lipinski definition) is 2. The van der Waals surface area contributed by atoms with Crippen molar-refractivity contribution in [2.45, 2.75) is 17.3 Å². The average Bonchev–Trinajstić information content (AvgIpc) is 3.33. The van der Waals surface area contributed by atoms with Gasteiger partial charge in [-0.2, -0.15) is 5.10 Å². The fourth-order valence-electron chi connectivity index (χ4n) is 3.19. The number of halogens is 1. The molecule has 0 amide bonds. The highest BCUT2D eigenvalue weighted by Gasteiger charge is 2.23. The van der Waals surface area contributed by atoms with Crippen LogP contribution in [0.5, 0.6) is 5.75 Å². The normalized spacial score (nSPS) is 11.5. The zero-order valence-electron chi connectivity index (χ0n) is 16.0. The molecule has 8 nitrogen and oxygen atoms in total. The van der Waals surface area contributed by atoms with E-state index in [1.54, 1.807) is 22.9 Å². The SMILES string of the molecule is NCc1cccc(Cn2nc(NS(=O)(=O)c3ccc(Cl)s3)c3c(OC=O)cccc32)c1. The number of anilines is 1. The van der Waals surface area contributed by atoms with Gasteiger partial charge in [-0.25, -0.2) is 8.42 Å². The van der Waals surface area contributed by atoms with Crippen LogP contribution in [0.15, 0.2) is 58.8 Å². The van der Waals surface area contributed by atoms with Gasteiger partial charge in [0.2, 0.25) is 0 Å². The van der Waals surface area contributed by atoms with Gasteiger partial charge in [0.1, 0.15) is 9.96 Å². The highest BCUT2D eigenvalue weighted by Crippen LogP contribution is 2.35. The van der Waals surface area contributed by atoms with E-state index in [-0.39, 0.29) is 22.2 Å². The number of thiophene rings is 1. The number of carbonyl (C=O) groups excluding carboxylic acids is 1. The van der Waals surface area contributed by atoms with Crippen molar-refractivity contribution in [1.82, 2.24) is 9.78 Å². The molecule has 31 heavy (non-hydrogen) atoms. The molecule has 0 unspecified atom stereocenters. The summed E-state index contributed by atoms with van der Waals surface area (Å²) in [5.74, 6) is 0.239. The molecular weight excluding hydrogens is 460 g/mol. The summed E-state index contributed by atoms with van der Waals surface area (Å²) in [7, 11) is -3.94. The van der Waals surface area contributed by atoms with Gasteiger partial charge in [0.05, 0.1) is 21.8 Å². The Morgan fingerprint density at radius 1 is 1.16 bits per heavy atom. The molecule has 0 saturated heterocycles. The second-order valence-electron chi connectivity index (χ2n) is 6.56. The third kappa shape index (κ3) is 4.42. The zero-order chi connectivity index (χ0) is 22.0. The second kappa shape index (κ2) is 8.67. The van der Waals surface area contributed by atoms with E-state index < -0.39 is 10.0 Å². The standard InChI is InChI=1S/C20H17ClN4O4S2/c21-17-7-8-18(30-17)31(27,28)24-20-19-15(5-2-6-16(19)29-12-26)25(23-20)11-14-4-1-3-13(9-14)10-22/h1-9,12H,10-11,22H2,(H,23,24). The number of fused-ring (bicyclic) bond motifs is 1. The fraction of sp³-hybridized carbons (Fsp3) is 0.100. The predicted molar refractivity (Wildman–Crippen MR) is 120 cm³/mol. The first kappa shape index (κ1) is 21.3. The van der Waals surface area contributed by atoms with Gasteiger partial charge in [-0.3, -0.25) is 14.2 Å². The number of nitrogens with zero attached hydrogens (tertiary/aromatic N) is 2. The summed E-state index contributed by atoms with van der Waals surface area (Å²) in [5.41, 5.74) is 8.23. The molecule has 4 rings (SSSR count). The summed E-state index contributed by atoms with van der Waals surface area (Å²) in [6, 6.07) is 15.7. The Bertz CT molecular complexity index is 1360. The van der Waals surface area contributed by atoms with Crippen LogP contribution in [0.4, 0.5) is 5.82 Å². The molecule has 11 heteroatoms. The molecule has 4 aromatic rings. The van der Waals surface area contributed by atoms with Crippen molar-refractivity contribution in [3.63, 3.8) is 0 Å². The van der Waals surface area contributed by atoms with Crippen molar-refractivity contribution in [1.29, 1.82) is 0 Å². The summed E-state index contributed by atoms with van der Waals surface area (Å²) in [6.45, 7) is 1.05. The van der Waals surface area contributed by atoms with Gasteiger partial charge in [-0.1, -0.05) is 41.9 Å². The van der Waals surface area contributed by atoms with E-state index in [0.717, 1.165) is 22.5 Å². The third-order valence-corrected chi connectivity index (χ3v) is 7.58. The number of nitrogens with two attached hydrogens (primary N) is 1. The maximum absolute atomic E-state index is 12.8. The summed E-state index contributed by atoms with van der Waals surface area (Å²) in [6.07, 6.45) is 0. The van der Waals surface area contributed by atoms with Crippen LogP contribution in [0.1, 0.15) is 11.1 Å². The number of aromatic nitrogens is 2. The molecule has 0 radical (unpaired) electrons. The Balaban J connectivity index is 1.81. The summed E-state index contributed by atoms with van der Waals surface area (Å²) < 4.78 is 35.3. The first-order valence-electron chi connectivity index (χ1n) is 9.07. The van der Waals surface area contributed by atoms with Crippen LogP contribution < -0.4 is 15.2 Å². The van der Waals surface area contributed by atoms with Crippen molar-refractivity contribution in [3.05, 3.63) is 70.1 Å². The number of sulfonamides is 1. The number of rotatable bonds is 8. The van der Waals surface area contributed by atoms with E-state index in [4.69, 9.17) is 22.1 Å². The first-order valence-corrected chi connectivity index (χ1v) is 11.7. The molecule has 0 bridgehead atoms. The molecule has 0 spiro atoms. The zero-order valence-corrected chi connectivity index (χ0v) is 18.4. The molecule has 2 aromatic heterocycles. The van der Waals surface area contributed by atoms with E-state index in [0.29, 0.717) is 28.3 Å². The second-order valence-corrected chi connectivity index (χ2v) is 10.2. The van der Waals surface area contributed by atoms with Gasteiger partial charge in [0.25, 0.3) is 16.5 Å². The third-order valence-electron chi connectivity index (χ3n) is 4.52. The maximum Gasteiger partial charge on any atom is 0.298 e. The molecule has 0 aliphatic heterocycles. The van der Waals surface area contributed by atoms with Gasteiger partial charge in [-0.05, 0) is 35.4 Å². The van der Waals surface area contributed by atoms with E-state index >= 15 is 0 Å². The minimum atomic E-state index is -3.94. The predicted octanol–water partition coefficient (Wildman–Crippen LogP) is 3.59. The summed E-state index contributed by atoms with van der Waals surface area (Å²) in [4.78, 5) is 11.0. The Morgan fingerprint density at radius 2 is 1.94 bits per heavy atom. The number of nitrogens with one attached hydrogen (secondary N) is 1. The van der Waals surface area contributed by atoms with Crippen molar-refractivity contribution < 1.29 is 17.9 Å². The number of hydrogen-bond acceptors (Lipinski definition) is 7. The highest BCUT2D eigenvalue weighted by molar-refractivity contribution is 7.94. The summed E-state index contributed by atoms with van der Waals surface area (Å²) >= 11 is 6.82. The van der Waals surface area contributed by atoms with Crippen LogP contribution in [0.2, 0.25) is 4.34 Å². The Kier molecular flexibility index (Phi) is 5.96. The monoisotopic (exact) mass is 476 g/mol. The first-order chi connectivity index (χ1) is 14.9. The Labute approximate surface area is 187 Å². The minimum Gasteiger partial charge on any atom is -0.428 e.